The Morgan fingerprint density at radius 2 is 1.70 bits per heavy atom. The molecular formula is C22H31IN4O3. The number of hydrogen-bond donors (Lipinski definition) is 2. The van der Waals surface area contributed by atoms with Crippen LogP contribution in [-0.2, 0) is 0 Å². The topological polar surface area (TPSA) is 69.6 Å². The molecule has 0 bridgehead atoms. The average molecular weight is 526 g/mol. The number of nitrogens with one attached hydrogen (secondary N) is 1. The number of benzene rings is 2. The van der Waals surface area contributed by atoms with Gasteiger partial charge in [-0.15, -0.1) is 24.0 Å². The zero-order chi connectivity index (χ0) is 20.5. The van der Waals surface area contributed by atoms with Gasteiger partial charge in [0.05, 0.1) is 19.3 Å². The highest BCUT2D eigenvalue weighted by Gasteiger charge is 2.21. The molecule has 1 aliphatic rings. The molecule has 2 aromatic carbocycles. The van der Waals surface area contributed by atoms with Crippen LogP contribution in [0.15, 0.2) is 53.5 Å². The fraction of sp³-hybridized carbons (Fsp3) is 0.409. The maximum Gasteiger partial charge on any atom is 0.194 e. The van der Waals surface area contributed by atoms with Crippen LogP contribution in [0.2, 0.25) is 0 Å². The quantitative estimate of drug-likeness (QED) is 0.250. The van der Waals surface area contributed by atoms with Gasteiger partial charge in [-0.2, -0.15) is 0 Å². The van der Waals surface area contributed by atoms with E-state index in [1.54, 1.807) is 13.2 Å². The van der Waals surface area contributed by atoms with Crippen LogP contribution in [-0.4, -0.2) is 69.0 Å². The van der Waals surface area contributed by atoms with E-state index < -0.39 is 0 Å². The minimum atomic E-state index is 0. The SMILES string of the molecule is CCNC(=NCCOc1ccc(OC)cc1)N1CCN(c2ccccc2O)CC1.I. The maximum absolute atomic E-state index is 10.1. The van der Waals surface area contributed by atoms with Gasteiger partial charge in [0.25, 0.3) is 0 Å². The predicted octanol–water partition coefficient (Wildman–Crippen LogP) is 3.19. The first-order valence-electron chi connectivity index (χ1n) is 10.0. The van der Waals surface area contributed by atoms with Crippen molar-refractivity contribution < 1.29 is 14.6 Å². The normalized spacial score (nSPS) is 14.1. The molecule has 0 spiro atoms. The highest BCUT2D eigenvalue weighted by atomic mass is 127. The molecule has 0 saturated carbocycles. The van der Waals surface area contributed by atoms with Gasteiger partial charge >= 0.3 is 0 Å². The predicted molar refractivity (Wildman–Crippen MR) is 132 cm³/mol. The summed E-state index contributed by atoms with van der Waals surface area (Å²) >= 11 is 0. The Labute approximate surface area is 195 Å². The molecule has 1 heterocycles. The average Bonchev–Trinajstić information content (AvgIpc) is 2.77. The molecule has 2 N–H and O–H groups in total. The summed E-state index contributed by atoms with van der Waals surface area (Å²) in [6.07, 6.45) is 0. The van der Waals surface area contributed by atoms with Crippen LogP contribution in [0.5, 0.6) is 17.2 Å². The van der Waals surface area contributed by atoms with Gasteiger partial charge in [0.2, 0.25) is 0 Å². The summed E-state index contributed by atoms with van der Waals surface area (Å²) < 4.78 is 10.9. The van der Waals surface area contributed by atoms with Crippen LogP contribution in [0.4, 0.5) is 5.69 Å². The van der Waals surface area contributed by atoms with Crippen LogP contribution >= 0.6 is 24.0 Å². The Bertz CT molecular complexity index is 793. The number of ether oxygens (including phenoxy) is 2. The lowest BCUT2D eigenvalue weighted by Gasteiger charge is -2.37. The van der Waals surface area contributed by atoms with Crippen molar-refractivity contribution in [1.29, 1.82) is 0 Å². The molecule has 164 valence electrons. The summed E-state index contributed by atoms with van der Waals surface area (Å²) in [6.45, 7) is 7.35. The number of aliphatic imine (C=N–C) groups is 1. The van der Waals surface area contributed by atoms with Crippen molar-refractivity contribution in [3.8, 4) is 17.2 Å². The second kappa shape index (κ2) is 12.4. The van der Waals surface area contributed by atoms with Gasteiger partial charge < -0.3 is 29.7 Å². The van der Waals surface area contributed by atoms with E-state index >= 15 is 0 Å². The summed E-state index contributed by atoms with van der Waals surface area (Å²) in [4.78, 5) is 9.18. The lowest BCUT2D eigenvalue weighted by molar-refractivity contribution is 0.324. The van der Waals surface area contributed by atoms with Crippen molar-refractivity contribution in [2.45, 2.75) is 6.92 Å². The number of hydrogen-bond acceptors (Lipinski definition) is 5. The third-order valence-corrected chi connectivity index (χ3v) is 4.82. The summed E-state index contributed by atoms with van der Waals surface area (Å²) in [5.41, 5.74) is 0.891. The molecule has 0 aromatic heterocycles. The first kappa shape index (κ1) is 23.9. The lowest BCUT2D eigenvalue weighted by atomic mass is 10.2. The molecule has 0 radical (unpaired) electrons. The second-order valence-electron chi connectivity index (χ2n) is 6.72. The van der Waals surface area contributed by atoms with Gasteiger partial charge in [0.1, 0.15) is 23.9 Å². The standard InChI is InChI=1S/C22H30N4O3.HI/c1-3-23-22(24-12-17-29-19-10-8-18(28-2)9-11-19)26-15-13-25(14-16-26)20-6-4-5-7-21(20)27;/h4-11,27H,3,12-17H2,1-2H3,(H,23,24);1H. The first-order chi connectivity index (χ1) is 14.2. The monoisotopic (exact) mass is 526 g/mol. The smallest absolute Gasteiger partial charge is 0.194 e. The van der Waals surface area contributed by atoms with E-state index in [2.05, 4.69) is 22.0 Å². The number of para-hydroxylation sites is 2. The third kappa shape index (κ3) is 6.58. The lowest BCUT2D eigenvalue weighted by Crippen LogP contribution is -2.52. The van der Waals surface area contributed by atoms with E-state index in [1.807, 2.05) is 42.5 Å². The van der Waals surface area contributed by atoms with Crippen LogP contribution in [0.3, 0.4) is 0 Å². The number of guanidine groups is 1. The summed E-state index contributed by atoms with van der Waals surface area (Å²) in [5.74, 6) is 2.86. The van der Waals surface area contributed by atoms with Crippen LogP contribution in [0.25, 0.3) is 0 Å². The minimum absolute atomic E-state index is 0. The molecule has 8 heteroatoms. The van der Waals surface area contributed by atoms with Gasteiger partial charge in [0, 0.05) is 32.7 Å². The van der Waals surface area contributed by atoms with Gasteiger partial charge in [0.15, 0.2) is 5.96 Å². The number of phenols is 1. The van der Waals surface area contributed by atoms with Gasteiger partial charge in [-0.1, -0.05) is 12.1 Å². The van der Waals surface area contributed by atoms with Crippen molar-refractivity contribution in [2.75, 3.05) is 57.9 Å². The van der Waals surface area contributed by atoms with E-state index in [-0.39, 0.29) is 24.0 Å². The molecule has 1 saturated heterocycles. The number of piperazine rings is 1. The Balaban J connectivity index is 0.00000320. The molecule has 30 heavy (non-hydrogen) atoms. The number of aromatic hydroxyl groups is 1. The number of methoxy groups -OCH3 is 1. The molecule has 0 amide bonds. The molecule has 2 aromatic rings. The van der Waals surface area contributed by atoms with E-state index in [9.17, 15) is 5.11 Å². The van der Waals surface area contributed by atoms with E-state index in [0.717, 1.165) is 55.9 Å². The molecule has 1 aliphatic heterocycles. The molecular weight excluding hydrogens is 495 g/mol. The molecule has 3 rings (SSSR count). The van der Waals surface area contributed by atoms with Crippen LogP contribution < -0.4 is 19.7 Å². The number of phenolic OH excluding ortho intramolecular Hbond substituents is 1. The van der Waals surface area contributed by atoms with Crippen molar-refractivity contribution in [3.05, 3.63) is 48.5 Å². The fourth-order valence-corrected chi connectivity index (χ4v) is 3.30. The zero-order valence-corrected chi connectivity index (χ0v) is 19.9. The Hall–Kier alpha value is -2.36. The molecule has 1 fully saturated rings. The molecule has 7 nitrogen and oxygen atoms in total. The molecule has 0 atom stereocenters. The maximum atomic E-state index is 10.1. The molecule has 0 aliphatic carbocycles. The van der Waals surface area contributed by atoms with Crippen molar-refractivity contribution in [1.82, 2.24) is 10.2 Å². The largest absolute Gasteiger partial charge is 0.506 e. The van der Waals surface area contributed by atoms with Crippen molar-refractivity contribution in [2.24, 2.45) is 4.99 Å². The Morgan fingerprint density at radius 3 is 2.33 bits per heavy atom. The van der Waals surface area contributed by atoms with E-state index in [1.165, 1.54) is 0 Å². The van der Waals surface area contributed by atoms with Gasteiger partial charge in [-0.05, 0) is 43.3 Å². The van der Waals surface area contributed by atoms with Gasteiger partial charge in [-0.3, -0.25) is 0 Å². The fourth-order valence-electron chi connectivity index (χ4n) is 3.30. The third-order valence-electron chi connectivity index (χ3n) is 4.82. The zero-order valence-electron chi connectivity index (χ0n) is 17.6. The molecule has 0 unspecified atom stereocenters. The summed E-state index contributed by atoms with van der Waals surface area (Å²) in [5, 5.41) is 13.4. The van der Waals surface area contributed by atoms with Crippen LogP contribution in [0, 0.1) is 0 Å². The number of rotatable bonds is 7. The summed E-state index contributed by atoms with van der Waals surface area (Å²) in [7, 11) is 1.65. The first-order valence-corrected chi connectivity index (χ1v) is 10.0. The van der Waals surface area contributed by atoms with Gasteiger partial charge in [-0.25, -0.2) is 4.99 Å². The number of nitrogens with zero attached hydrogens (tertiary/aromatic N) is 3. The second-order valence-corrected chi connectivity index (χ2v) is 6.72. The highest BCUT2D eigenvalue weighted by molar-refractivity contribution is 14.0. The van der Waals surface area contributed by atoms with E-state index in [0.29, 0.717) is 18.9 Å². The Kier molecular flexibility index (Phi) is 9.85. The summed E-state index contributed by atoms with van der Waals surface area (Å²) in [6, 6.07) is 15.0. The highest BCUT2D eigenvalue weighted by Crippen LogP contribution is 2.27. The number of anilines is 1. The Morgan fingerprint density at radius 1 is 1.03 bits per heavy atom. The van der Waals surface area contributed by atoms with E-state index in [4.69, 9.17) is 14.5 Å². The van der Waals surface area contributed by atoms with Crippen molar-refractivity contribution >= 4 is 35.6 Å². The van der Waals surface area contributed by atoms with Crippen molar-refractivity contribution in [3.63, 3.8) is 0 Å². The van der Waals surface area contributed by atoms with Crippen LogP contribution in [0.1, 0.15) is 6.92 Å². The minimum Gasteiger partial charge on any atom is -0.506 e. The number of halogens is 1.